The molecule has 0 saturated carbocycles. The van der Waals surface area contributed by atoms with Gasteiger partial charge >= 0.3 is 5.97 Å². The molecule has 5 rings (SSSR count). The summed E-state index contributed by atoms with van der Waals surface area (Å²) in [4.78, 5) is 14.0. The molecule has 1 aliphatic heterocycles. The first-order chi connectivity index (χ1) is 18.4. The lowest BCUT2D eigenvalue weighted by Crippen LogP contribution is -2.26. The first-order valence-corrected chi connectivity index (χ1v) is 13.7. The SMILES string of the molecule is Cc1ccc(C2=C(c3cccc(OC4CCN(CCCF)C4)c3)c3ccc(C(=O)O)cc3CCC2)c(C)c1. The van der Waals surface area contributed by atoms with Crippen LogP contribution in [0, 0.1) is 13.8 Å². The summed E-state index contributed by atoms with van der Waals surface area (Å²) < 4.78 is 19.0. The van der Waals surface area contributed by atoms with Crippen LogP contribution in [0.2, 0.25) is 0 Å². The van der Waals surface area contributed by atoms with Crippen LogP contribution < -0.4 is 4.74 Å². The van der Waals surface area contributed by atoms with Crippen LogP contribution in [0.15, 0.2) is 60.7 Å². The van der Waals surface area contributed by atoms with Gasteiger partial charge in [0.25, 0.3) is 0 Å². The van der Waals surface area contributed by atoms with E-state index in [1.165, 1.54) is 22.3 Å². The lowest BCUT2D eigenvalue weighted by atomic mass is 9.85. The summed E-state index contributed by atoms with van der Waals surface area (Å²) in [6.07, 6.45) is 4.30. The molecule has 1 aliphatic carbocycles. The summed E-state index contributed by atoms with van der Waals surface area (Å²) in [5.41, 5.74) is 9.75. The Hall–Kier alpha value is -3.44. The number of halogens is 1. The van der Waals surface area contributed by atoms with Crippen LogP contribution in [0.5, 0.6) is 5.75 Å². The smallest absolute Gasteiger partial charge is 0.335 e. The van der Waals surface area contributed by atoms with Crippen LogP contribution in [-0.4, -0.2) is 48.4 Å². The number of aryl methyl sites for hydroxylation is 3. The summed E-state index contributed by atoms with van der Waals surface area (Å²) in [5, 5.41) is 9.62. The second kappa shape index (κ2) is 11.5. The Bertz CT molecular complexity index is 1360. The number of aromatic carboxylic acids is 1. The number of benzene rings is 3. The molecule has 0 spiro atoms. The molecule has 4 nitrogen and oxygen atoms in total. The molecular formula is C33H36FNO3. The summed E-state index contributed by atoms with van der Waals surface area (Å²) in [7, 11) is 0. The van der Waals surface area contributed by atoms with E-state index >= 15 is 0 Å². The highest BCUT2D eigenvalue weighted by Crippen LogP contribution is 2.42. The fourth-order valence-electron chi connectivity index (χ4n) is 5.97. The zero-order chi connectivity index (χ0) is 26.6. The molecule has 5 heteroatoms. The van der Waals surface area contributed by atoms with Gasteiger partial charge in [-0.3, -0.25) is 9.29 Å². The maximum atomic E-state index is 12.6. The normalized spacial score (nSPS) is 17.8. The van der Waals surface area contributed by atoms with Crippen molar-refractivity contribution < 1.29 is 19.0 Å². The average Bonchev–Trinajstić information content (AvgIpc) is 3.25. The third-order valence-electron chi connectivity index (χ3n) is 7.77. The molecule has 1 heterocycles. The maximum absolute atomic E-state index is 12.6. The van der Waals surface area contributed by atoms with E-state index in [0.29, 0.717) is 12.0 Å². The largest absolute Gasteiger partial charge is 0.489 e. The van der Waals surface area contributed by atoms with Crippen molar-refractivity contribution in [1.82, 2.24) is 4.90 Å². The summed E-state index contributed by atoms with van der Waals surface area (Å²) in [6, 6.07) is 20.5. The van der Waals surface area contributed by atoms with Gasteiger partial charge in [-0.05, 0) is 109 Å². The standard InChI is InChI=1S/C33H36FNO3/c1-22-10-12-29(23(2)18-22)31-9-4-6-24-19-26(33(36)37)11-13-30(24)32(31)25-7-3-8-27(20-25)38-28-14-17-35(21-28)16-5-15-34/h3,7-8,10-13,18-20,28H,4-6,9,14-17,21H2,1-2H3,(H,36,37). The first-order valence-electron chi connectivity index (χ1n) is 13.7. The quantitative estimate of drug-likeness (QED) is 0.349. The second-order valence-corrected chi connectivity index (χ2v) is 10.6. The maximum Gasteiger partial charge on any atom is 0.335 e. The molecule has 0 aromatic heterocycles. The van der Waals surface area contributed by atoms with Crippen LogP contribution in [0.25, 0.3) is 11.1 Å². The molecule has 1 saturated heterocycles. The molecule has 1 unspecified atom stereocenters. The number of hydrogen-bond donors (Lipinski definition) is 1. The van der Waals surface area contributed by atoms with Crippen molar-refractivity contribution in [1.29, 1.82) is 0 Å². The molecule has 1 N–H and O–H groups in total. The van der Waals surface area contributed by atoms with Gasteiger partial charge in [-0.2, -0.15) is 0 Å². The van der Waals surface area contributed by atoms with Crippen molar-refractivity contribution in [2.45, 2.75) is 52.1 Å². The van der Waals surface area contributed by atoms with Crippen molar-refractivity contribution in [3.8, 4) is 5.75 Å². The number of hydrogen-bond acceptors (Lipinski definition) is 3. The number of carbonyl (C=O) groups is 1. The molecule has 0 amide bonds. The average molecular weight is 514 g/mol. The third kappa shape index (κ3) is 5.68. The van der Waals surface area contributed by atoms with E-state index in [9.17, 15) is 14.3 Å². The predicted octanol–water partition coefficient (Wildman–Crippen LogP) is 7.11. The Morgan fingerprint density at radius 3 is 2.68 bits per heavy atom. The van der Waals surface area contributed by atoms with E-state index in [1.807, 2.05) is 24.3 Å². The van der Waals surface area contributed by atoms with E-state index in [0.717, 1.165) is 73.3 Å². The molecule has 3 aromatic carbocycles. The van der Waals surface area contributed by atoms with Crippen molar-refractivity contribution in [2.75, 3.05) is 26.3 Å². The minimum atomic E-state index is -0.898. The molecule has 1 fully saturated rings. The Morgan fingerprint density at radius 2 is 1.89 bits per heavy atom. The van der Waals surface area contributed by atoms with E-state index in [4.69, 9.17) is 4.74 Å². The number of rotatable bonds is 8. The molecule has 2 aliphatic rings. The highest BCUT2D eigenvalue weighted by Gasteiger charge is 2.25. The van der Waals surface area contributed by atoms with Crippen LogP contribution in [-0.2, 0) is 6.42 Å². The molecular weight excluding hydrogens is 477 g/mol. The zero-order valence-corrected chi connectivity index (χ0v) is 22.3. The fourth-order valence-corrected chi connectivity index (χ4v) is 5.97. The molecule has 1 atom stereocenters. The van der Waals surface area contributed by atoms with Gasteiger partial charge in [0.1, 0.15) is 11.9 Å². The molecule has 3 aromatic rings. The topological polar surface area (TPSA) is 49.8 Å². The van der Waals surface area contributed by atoms with Gasteiger partial charge in [-0.1, -0.05) is 42.0 Å². The highest BCUT2D eigenvalue weighted by atomic mass is 19.1. The van der Waals surface area contributed by atoms with Crippen molar-refractivity contribution in [2.24, 2.45) is 0 Å². The molecule has 0 radical (unpaired) electrons. The third-order valence-corrected chi connectivity index (χ3v) is 7.77. The minimum absolute atomic E-state index is 0.0946. The van der Waals surface area contributed by atoms with Gasteiger partial charge in [0.2, 0.25) is 0 Å². The lowest BCUT2D eigenvalue weighted by Gasteiger charge is -2.20. The molecule has 0 bridgehead atoms. The number of nitrogens with zero attached hydrogens (tertiary/aromatic N) is 1. The van der Waals surface area contributed by atoms with Crippen molar-refractivity contribution in [3.05, 3.63) is 99.6 Å². The number of likely N-dealkylation sites (tertiary alicyclic amines) is 1. The minimum Gasteiger partial charge on any atom is -0.489 e. The second-order valence-electron chi connectivity index (χ2n) is 10.6. The van der Waals surface area contributed by atoms with Gasteiger partial charge in [0.05, 0.1) is 12.2 Å². The Labute approximate surface area is 224 Å². The van der Waals surface area contributed by atoms with Crippen LogP contribution in [0.3, 0.4) is 0 Å². The van der Waals surface area contributed by atoms with Crippen LogP contribution >= 0.6 is 0 Å². The summed E-state index contributed by atoms with van der Waals surface area (Å²) >= 11 is 0. The van der Waals surface area contributed by atoms with Gasteiger partial charge in [-0.25, -0.2) is 4.79 Å². The highest BCUT2D eigenvalue weighted by molar-refractivity contribution is 6.01. The number of allylic oxidation sites excluding steroid dienone is 1. The number of alkyl halides is 1. The van der Waals surface area contributed by atoms with E-state index < -0.39 is 5.97 Å². The summed E-state index contributed by atoms with van der Waals surface area (Å²) in [6.45, 7) is 6.53. The molecule has 38 heavy (non-hydrogen) atoms. The number of carboxylic acids is 1. The van der Waals surface area contributed by atoms with Gasteiger partial charge < -0.3 is 9.84 Å². The number of carboxylic acid groups (broad SMARTS) is 1. The predicted molar refractivity (Wildman–Crippen MR) is 151 cm³/mol. The van der Waals surface area contributed by atoms with Crippen molar-refractivity contribution in [3.63, 3.8) is 0 Å². The number of ether oxygens (including phenoxy) is 1. The van der Waals surface area contributed by atoms with Gasteiger partial charge in [-0.15, -0.1) is 0 Å². The first kappa shape index (κ1) is 26.2. The van der Waals surface area contributed by atoms with Crippen LogP contribution in [0.4, 0.5) is 4.39 Å². The van der Waals surface area contributed by atoms with Crippen molar-refractivity contribution >= 4 is 17.1 Å². The zero-order valence-electron chi connectivity index (χ0n) is 22.3. The van der Waals surface area contributed by atoms with Gasteiger partial charge in [0.15, 0.2) is 0 Å². The van der Waals surface area contributed by atoms with E-state index in [-0.39, 0.29) is 12.8 Å². The fraction of sp³-hybridized carbons (Fsp3) is 0.364. The number of fused-ring (bicyclic) bond motifs is 1. The Balaban J connectivity index is 1.57. The lowest BCUT2D eigenvalue weighted by molar-refractivity contribution is 0.0696. The van der Waals surface area contributed by atoms with Gasteiger partial charge in [0, 0.05) is 19.6 Å². The Kier molecular flexibility index (Phi) is 7.94. The molecule has 198 valence electrons. The van der Waals surface area contributed by atoms with E-state index in [1.54, 1.807) is 6.07 Å². The Morgan fingerprint density at radius 1 is 1.05 bits per heavy atom. The summed E-state index contributed by atoms with van der Waals surface area (Å²) in [5.74, 6) is -0.0648. The van der Waals surface area contributed by atoms with E-state index in [2.05, 4.69) is 49.1 Å². The van der Waals surface area contributed by atoms with Crippen LogP contribution in [0.1, 0.15) is 69.4 Å². The monoisotopic (exact) mass is 513 g/mol.